The number of nitrogens with one attached hydrogen (secondary N) is 1. The molecule has 180 valence electrons. The van der Waals surface area contributed by atoms with Gasteiger partial charge in [-0.25, -0.2) is 8.42 Å². The Hall–Kier alpha value is -3.60. The Morgan fingerprint density at radius 2 is 1.76 bits per heavy atom. The summed E-state index contributed by atoms with van der Waals surface area (Å²) in [7, 11) is -2.11. The third-order valence-corrected chi connectivity index (χ3v) is 5.99. The minimum atomic E-state index is -4.53. The van der Waals surface area contributed by atoms with E-state index < -0.39 is 27.8 Å². The zero-order valence-corrected chi connectivity index (χ0v) is 19.2. The van der Waals surface area contributed by atoms with E-state index in [4.69, 9.17) is 4.74 Å². The number of rotatable bonds is 8. The van der Waals surface area contributed by atoms with Gasteiger partial charge in [-0.3, -0.25) is 14.1 Å². The lowest BCUT2D eigenvalue weighted by Gasteiger charge is -2.23. The third kappa shape index (κ3) is 6.47. The van der Waals surface area contributed by atoms with E-state index in [-0.39, 0.29) is 18.7 Å². The molecule has 0 bridgehead atoms. The van der Waals surface area contributed by atoms with Crippen LogP contribution in [0.25, 0.3) is 0 Å². The number of benzene rings is 2. The lowest BCUT2D eigenvalue weighted by Crippen LogP contribution is -2.29. The minimum absolute atomic E-state index is 0.0168. The second kappa shape index (κ2) is 10.1. The number of anilines is 1. The highest BCUT2D eigenvalue weighted by molar-refractivity contribution is 7.92. The number of aromatic nitrogens is 1. The van der Waals surface area contributed by atoms with Gasteiger partial charge < -0.3 is 10.1 Å². The molecule has 34 heavy (non-hydrogen) atoms. The van der Waals surface area contributed by atoms with Crippen LogP contribution in [0, 0.1) is 0 Å². The van der Waals surface area contributed by atoms with Gasteiger partial charge in [0.2, 0.25) is 10.0 Å². The fourth-order valence-corrected chi connectivity index (χ4v) is 3.99. The van der Waals surface area contributed by atoms with Gasteiger partial charge in [-0.2, -0.15) is 13.2 Å². The SMILES string of the molecule is COc1cccc(CN(c2ccc(C(=O)NCc3ccc(C(F)(F)F)nc3)cc2)S(C)(=O)=O)c1. The summed E-state index contributed by atoms with van der Waals surface area (Å²) < 4.78 is 69.0. The lowest BCUT2D eigenvalue weighted by atomic mass is 10.1. The maximum atomic E-state index is 12.6. The van der Waals surface area contributed by atoms with Crippen molar-refractivity contribution >= 4 is 21.6 Å². The van der Waals surface area contributed by atoms with Crippen molar-refractivity contribution in [1.29, 1.82) is 0 Å². The molecule has 0 radical (unpaired) electrons. The van der Waals surface area contributed by atoms with Crippen molar-refractivity contribution < 1.29 is 31.1 Å². The van der Waals surface area contributed by atoms with Crippen LogP contribution in [0.5, 0.6) is 5.75 Å². The molecule has 0 spiro atoms. The normalized spacial score (nSPS) is 11.7. The summed E-state index contributed by atoms with van der Waals surface area (Å²) in [6.45, 7) is 0.0551. The van der Waals surface area contributed by atoms with Gasteiger partial charge in [-0.15, -0.1) is 0 Å². The fourth-order valence-electron chi connectivity index (χ4n) is 3.10. The zero-order chi connectivity index (χ0) is 24.9. The van der Waals surface area contributed by atoms with Crippen molar-refractivity contribution in [3.63, 3.8) is 0 Å². The molecular weight excluding hydrogens is 471 g/mol. The molecule has 0 saturated heterocycles. The molecular formula is C23H22F3N3O4S. The van der Waals surface area contributed by atoms with E-state index in [1.54, 1.807) is 24.3 Å². The highest BCUT2D eigenvalue weighted by atomic mass is 32.2. The average molecular weight is 494 g/mol. The van der Waals surface area contributed by atoms with E-state index in [1.807, 2.05) is 0 Å². The molecule has 1 N–H and O–H groups in total. The van der Waals surface area contributed by atoms with E-state index in [1.165, 1.54) is 41.7 Å². The first-order chi connectivity index (χ1) is 16.0. The number of carbonyl (C=O) groups excluding carboxylic acids is 1. The number of halogens is 3. The standard InChI is InChI=1S/C23H22F3N3O4S/c1-33-20-5-3-4-16(12-20)15-29(34(2,31)32)19-9-7-18(8-10-19)22(30)28-14-17-6-11-21(27-13-17)23(24,25)26/h3-13H,14-15H2,1-2H3,(H,28,30). The molecule has 0 saturated carbocycles. The molecule has 0 aliphatic heterocycles. The van der Waals surface area contributed by atoms with Crippen LogP contribution < -0.4 is 14.4 Å². The number of hydrogen-bond acceptors (Lipinski definition) is 5. The van der Waals surface area contributed by atoms with Crippen LogP contribution in [-0.4, -0.2) is 32.7 Å². The first kappa shape index (κ1) is 25.0. The third-order valence-electron chi connectivity index (χ3n) is 4.85. The Kier molecular flexibility index (Phi) is 7.45. The summed E-state index contributed by atoms with van der Waals surface area (Å²) in [5.74, 6) is 0.131. The fraction of sp³-hybridized carbons (Fsp3) is 0.217. The summed E-state index contributed by atoms with van der Waals surface area (Å²) in [6.07, 6.45) is -2.39. The van der Waals surface area contributed by atoms with Crippen molar-refractivity contribution in [2.24, 2.45) is 0 Å². The average Bonchev–Trinajstić information content (AvgIpc) is 2.80. The van der Waals surface area contributed by atoms with Crippen molar-refractivity contribution in [1.82, 2.24) is 10.3 Å². The number of alkyl halides is 3. The molecule has 1 aromatic heterocycles. The minimum Gasteiger partial charge on any atom is -0.497 e. The van der Waals surface area contributed by atoms with Crippen molar-refractivity contribution in [2.75, 3.05) is 17.7 Å². The highest BCUT2D eigenvalue weighted by Gasteiger charge is 2.32. The summed E-state index contributed by atoms with van der Waals surface area (Å²) in [5, 5.41) is 2.60. The Bertz CT molecular complexity index is 1250. The van der Waals surface area contributed by atoms with Crippen LogP contribution in [0.1, 0.15) is 27.2 Å². The maximum absolute atomic E-state index is 12.6. The second-order valence-corrected chi connectivity index (χ2v) is 9.31. The molecule has 3 rings (SSSR count). The number of amides is 1. The molecule has 0 atom stereocenters. The van der Waals surface area contributed by atoms with Crippen LogP contribution in [0.2, 0.25) is 0 Å². The van der Waals surface area contributed by atoms with Crippen LogP contribution >= 0.6 is 0 Å². The summed E-state index contributed by atoms with van der Waals surface area (Å²) in [6, 6.07) is 15.1. The number of ether oxygens (including phenoxy) is 1. The Balaban J connectivity index is 1.69. The summed E-state index contributed by atoms with van der Waals surface area (Å²) >= 11 is 0. The molecule has 2 aromatic carbocycles. The zero-order valence-electron chi connectivity index (χ0n) is 18.3. The van der Waals surface area contributed by atoms with Gasteiger partial charge in [0.05, 0.1) is 25.6 Å². The van der Waals surface area contributed by atoms with E-state index in [2.05, 4.69) is 10.3 Å². The molecule has 0 aliphatic carbocycles. The van der Waals surface area contributed by atoms with Crippen molar-refractivity contribution in [3.8, 4) is 5.75 Å². The summed E-state index contributed by atoms with van der Waals surface area (Å²) in [4.78, 5) is 15.8. The number of carbonyl (C=O) groups is 1. The van der Waals surface area contributed by atoms with E-state index in [0.29, 0.717) is 17.0 Å². The molecule has 0 unspecified atom stereocenters. The Labute approximate surface area is 195 Å². The molecule has 3 aromatic rings. The van der Waals surface area contributed by atoms with Crippen molar-refractivity contribution in [3.05, 3.63) is 89.2 Å². The van der Waals surface area contributed by atoms with Gasteiger partial charge >= 0.3 is 6.18 Å². The number of methoxy groups -OCH3 is 1. The van der Waals surface area contributed by atoms with Crippen molar-refractivity contribution in [2.45, 2.75) is 19.3 Å². The number of nitrogens with zero attached hydrogens (tertiary/aromatic N) is 2. The molecule has 0 fully saturated rings. The quantitative estimate of drug-likeness (QED) is 0.513. The van der Waals surface area contributed by atoms with E-state index >= 15 is 0 Å². The van der Waals surface area contributed by atoms with Gasteiger partial charge in [-0.1, -0.05) is 18.2 Å². The number of pyridine rings is 1. The van der Waals surface area contributed by atoms with Gasteiger partial charge in [0.15, 0.2) is 0 Å². The Morgan fingerprint density at radius 3 is 2.32 bits per heavy atom. The molecule has 1 heterocycles. The molecule has 11 heteroatoms. The smallest absolute Gasteiger partial charge is 0.433 e. The van der Waals surface area contributed by atoms with Crippen LogP contribution in [0.15, 0.2) is 66.9 Å². The van der Waals surface area contributed by atoms with E-state index in [0.717, 1.165) is 24.1 Å². The summed E-state index contributed by atoms with van der Waals surface area (Å²) in [5.41, 5.74) is 0.742. The molecule has 7 nitrogen and oxygen atoms in total. The maximum Gasteiger partial charge on any atom is 0.433 e. The van der Waals surface area contributed by atoms with Gasteiger partial charge in [-0.05, 0) is 53.6 Å². The van der Waals surface area contributed by atoms with E-state index in [9.17, 15) is 26.4 Å². The number of sulfonamides is 1. The molecule has 1 amide bonds. The van der Waals surface area contributed by atoms with Crippen LogP contribution in [-0.2, 0) is 29.3 Å². The predicted octanol–water partition coefficient (Wildman–Crippen LogP) is 4.01. The van der Waals surface area contributed by atoms with Crippen LogP contribution in [0.3, 0.4) is 0 Å². The molecule has 0 aliphatic rings. The monoisotopic (exact) mass is 493 g/mol. The lowest BCUT2D eigenvalue weighted by molar-refractivity contribution is -0.141. The first-order valence-corrected chi connectivity index (χ1v) is 11.8. The Morgan fingerprint density at radius 1 is 1.06 bits per heavy atom. The predicted molar refractivity (Wildman–Crippen MR) is 121 cm³/mol. The van der Waals surface area contributed by atoms with Gasteiger partial charge in [0.1, 0.15) is 11.4 Å². The highest BCUT2D eigenvalue weighted by Crippen LogP contribution is 2.27. The first-order valence-electron chi connectivity index (χ1n) is 9.98. The number of hydrogen-bond donors (Lipinski definition) is 1. The van der Waals surface area contributed by atoms with Gasteiger partial charge in [0.25, 0.3) is 5.91 Å². The largest absolute Gasteiger partial charge is 0.497 e. The second-order valence-electron chi connectivity index (χ2n) is 7.40. The van der Waals surface area contributed by atoms with Gasteiger partial charge in [0, 0.05) is 18.3 Å². The van der Waals surface area contributed by atoms with Crippen LogP contribution in [0.4, 0.5) is 18.9 Å². The topological polar surface area (TPSA) is 88.6 Å².